The maximum absolute atomic E-state index is 11.2. The first-order valence-corrected chi connectivity index (χ1v) is 4.41. The molecule has 2 amide bonds. The molecule has 0 aliphatic rings. The minimum absolute atomic E-state index is 0.0702. The molecule has 0 saturated heterocycles. The van der Waals surface area contributed by atoms with Crippen molar-refractivity contribution in [2.24, 2.45) is 0 Å². The Morgan fingerprint density at radius 2 is 2.31 bits per heavy atom. The summed E-state index contributed by atoms with van der Waals surface area (Å²) in [5, 5.41) is 15.3. The minimum Gasteiger partial charge on any atom is -0.364 e. The van der Waals surface area contributed by atoms with E-state index in [0.717, 1.165) is 0 Å². The first-order valence-electron chi connectivity index (χ1n) is 4.41. The lowest BCUT2D eigenvalue weighted by Crippen LogP contribution is -2.30. The van der Waals surface area contributed by atoms with Crippen LogP contribution < -0.4 is 10.6 Å². The average Bonchev–Trinajstić information content (AvgIpc) is 2.26. The normalized spacial score (nSPS) is 9.56. The Balaban J connectivity index is 2.63. The lowest BCUT2D eigenvalue weighted by Gasteiger charge is -2.06. The van der Waals surface area contributed by atoms with E-state index in [1.54, 1.807) is 6.07 Å². The van der Waals surface area contributed by atoms with E-state index in [1.807, 2.05) is 0 Å². The zero-order valence-corrected chi connectivity index (χ0v) is 8.60. The van der Waals surface area contributed by atoms with Crippen molar-refractivity contribution in [3.05, 3.63) is 34.4 Å². The van der Waals surface area contributed by atoms with Crippen LogP contribution in [0, 0.1) is 10.1 Å². The number of carbonyl (C=O) groups is 1. The summed E-state index contributed by atoms with van der Waals surface area (Å²) in [4.78, 5) is 21.1. The maximum Gasteiger partial charge on any atom is 0.321 e. The highest BCUT2D eigenvalue weighted by Gasteiger charge is 2.07. The molecule has 0 atom stereocenters. The predicted molar refractivity (Wildman–Crippen MR) is 57.1 cm³/mol. The number of rotatable bonds is 4. The highest BCUT2D eigenvalue weighted by Crippen LogP contribution is 2.16. The molecule has 1 aromatic carbocycles. The Hall–Kier alpha value is -2.15. The van der Waals surface area contributed by atoms with E-state index in [-0.39, 0.29) is 12.4 Å². The van der Waals surface area contributed by atoms with E-state index in [0.29, 0.717) is 5.69 Å². The van der Waals surface area contributed by atoms with Crippen LogP contribution >= 0.6 is 0 Å². The van der Waals surface area contributed by atoms with Gasteiger partial charge in [0.2, 0.25) is 0 Å². The highest BCUT2D eigenvalue weighted by atomic mass is 16.6. The zero-order valence-electron chi connectivity index (χ0n) is 8.60. The van der Waals surface area contributed by atoms with Crippen molar-refractivity contribution in [2.45, 2.75) is 0 Å². The van der Waals surface area contributed by atoms with E-state index < -0.39 is 11.0 Å². The largest absolute Gasteiger partial charge is 0.364 e. The molecule has 7 nitrogen and oxygen atoms in total. The van der Waals surface area contributed by atoms with Crippen LogP contribution in [-0.4, -0.2) is 24.8 Å². The Bertz CT molecular complexity index is 394. The van der Waals surface area contributed by atoms with Gasteiger partial charge in [0.05, 0.1) is 4.92 Å². The van der Waals surface area contributed by atoms with Crippen LogP contribution in [0.15, 0.2) is 24.3 Å². The number of nitro groups is 1. The number of benzene rings is 1. The fourth-order valence-electron chi connectivity index (χ4n) is 1.01. The molecule has 0 saturated carbocycles. The topological polar surface area (TPSA) is 93.5 Å². The molecule has 0 bridgehead atoms. The van der Waals surface area contributed by atoms with Crippen molar-refractivity contribution in [3.8, 4) is 0 Å². The van der Waals surface area contributed by atoms with E-state index >= 15 is 0 Å². The van der Waals surface area contributed by atoms with Crippen molar-refractivity contribution in [1.82, 2.24) is 5.32 Å². The Labute approximate surface area is 91.6 Å². The number of carbonyl (C=O) groups excluding carboxylic acids is 1. The predicted octanol–water partition coefficient (Wildman–Crippen LogP) is 1.32. The molecule has 0 aromatic heterocycles. The second kappa shape index (κ2) is 5.66. The second-order valence-corrected chi connectivity index (χ2v) is 2.87. The van der Waals surface area contributed by atoms with Gasteiger partial charge in [0, 0.05) is 24.9 Å². The number of methoxy groups -OCH3 is 1. The van der Waals surface area contributed by atoms with Gasteiger partial charge in [-0.2, -0.15) is 0 Å². The van der Waals surface area contributed by atoms with Crippen LogP contribution in [0.4, 0.5) is 16.2 Å². The van der Waals surface area contributed by atoms with Crippen LogP contribution in [0.3, 0.4) is 0 Å². The zero-order chi connectivity index (χ0) is 12.0. The SMILES string of the molecule is COCNC(=O)Nc1cccc([N+](=O)[O-])c1. The molecule has 2 N–H and O–H groups in total. The van der Waals surface area contributed by atoms with Crippen LogP contribution in [-0.2, 0) is 4.74 Å². The fourth-order valence-corrected chi connectivity index (χ4v) is 1.01. The van der Waals surface area contributed by atoms with Gasteiger partial charge >= 0.3 is 6.03 Å². The Morgan fingerprint density at radius 1 is 1.56 bits per heavy atom. The van der Waals surface area contributed by atoms with Gasteiger partial charge in [-0.25, -0.2) is 4.79 Å². The molecule has 7 heteroatoms. The van der Waals surface area contributed by atoms with Gasteiger partial charge in [0.15, 0.2) is 0 Å². The highest BCUT2D eigenvalue weighted by molar-refractivity contribution is 5.89. The summed E-state index contributed by atoms with van der Waals surface area (Å²) in [5.74, 6) is 0. The lowest BCUT2D eigenvalue weighted by atomic mass is 10.3. The first kappa shape index (κ1) is 11.9. The summed E-state index contributed by atoms with van der Waals surface area (Å²) >= 11 is 0. The summed E-state index contributed by atoms with van der Waals surface area (Å²) in [6, 6.07) is 5.18. The fraction of sp³-hybridized carbons (Fsp3) is 0.222. The van der Waals surface area contributed by atoms with Crippen LogP contribution in [0.25, 0.3) is 0 Å². The van der Waals surface area contributed by atoms with E-state index in [1.165, 1.54) is 25.3 Å². The number of nitrogens with one attached hydrogen (secondary N) is 2. The standard InChI is InChI=1S/C9H11N3O4/c1-16-6-10-9(13)11-7-3-2-4-8(5-7)12(14)15/h2-5H,6H2,1H3,(H2,10,11,13). The Morgan fingerprint density at radius 3 is 2.94 bits per heavy atom. The quantitative estimate of drug-likeness (QED) is 0.459. The van der Waals surface area contributed by atoms with Gasteiger partial charge < -0.3 is 15.4 Å². The number of nitro benzene ring substituents is 1. The van der Waals surface area contributed by atoms with Gasteiger partial charge in [-0.15, -0.1) is 0 Å². The van der Waals surface area contributed by atoms with E-state index in [2.05, 4.69) is 15.4 Å². The third kappa shape index (κ3) is 3.54. The van der Waals surface area contributed by atoms with Crippen molar-refractivity contribution >= 4 is 17.4 Å². The van der Waals surface area contributed by atoms with Gasteiger partial charge in [0.1, 0.15) is 6.73 Å². The molecule has 0 aliphatic heterocycles. The number of hydrogen-bond acceptors (Lipinski definition) is 4. The smallest absolute Gasteiger partial charge is 0.321 e. The number of nitrogens with zero attached hydrogens (tertiary/aromatic N) is 1. The molecule has 0 unspecified atom stereocenters. The molecule has 0 heterocycles. The molecule has 16 heavy (non-hydrogen) atoms. The van der Waals surface area contributed by atoms with Crippen LogP contribution in [0.1, 0.15) is 0 Å². The molecule has 0 fully saturated rings. The second-order valence-electron chi connectivity index (χ2n) is 2.87. The van der Waals surface area contributed by atoms with Gasteiger partial charge in [-0.1, -0.05) is 6.07 Å². The van der Waals surface area contributed by atoms with Crippen LogP contribution in [0.2, 0.25) is 0 Å². The van der Waals surface area contributed by atoms with Gasteiger partial charge in [0.25, 0.3) is 5.69 Å². The average molecular weight is 225 g/mol. The van der Waals surface area contributed by atoms with Crippen molar-refractivity contribution in [2.75, 3.05) is 19.2 Å². The summed E-state index contributed by atoms with van der Waals surface area (Å²) < 4.78 is 4.63. The minimum atomic E-state index is -0.530. The number of anilines is 1. The van der Waals surface area contributed by atoms with Crippen molar-refractivity contribution in [1.29, 1.82) is 0 Å². The molecule has 0 spiro atoms. The summed E-state index contributed by atoms with van der Waals surface area (Å²) in [6.45, 7) is 0.0702. The van der Waals surface area contributed by atoms with Gasteiger partial charge in [-0.3, -0.25) is 10.1 Å². The van der Waals surface area contributed by atoms with Gasteiger partial charge in [-0.05, 0) is 6.07 Å². The molecule has 1 aromatic rings. The summed E-state index contributed by atoms with van der Waals surface area (Å²) in [5.41, 5.74) is 0.271. The monoisotopic (exact) mass is 225 g/mol. The number of amides is 2. The molecule has 86 valence electrons. The molecular weight excluding hydrogens is 214 g/mol. The molecule has 0 aliphatic carbocycles. The molecule has 1 rings (SSSR count). The first-order chi connectivity index (χ1) is 7.63. The number of urea groups is 1. The summed E-state index contributed by atoms with van der Waals surface area (Å²) in [6.07, 6.45) is 0. The van der Waals surface area contributed by atoms with Crippen molar-refractivity contribution in [3.63, 3.8) is 0 Å². The third-order valence-corrected chi connectivity index (χ3v) is 1.69. The van der Waals surface area contributed by atoms with E-state index in [4.69, 9.17) is 0 Å². The third-order valence-electron chi connectivity index (χ3n) is 1.69. The number of non-ortho nitro benzene ring substituents is 1. The lowest BCUT2D eigenvalue weighted by molar-refractivity contribution is -0.384. The summed E-state index contributed by atoms with van der Waals surface area (Å²) in [7, 11) is 1.44. The number of hydrogen-bond donors (Lipinski definition) is 2. The van der Waals surface area contributed by atoms with E-state index in [9.17, 15) is 14.9 Å². The van der Waals surface area contributed by atoms with Crippen molar-refractivity contribution < 1.29 is 14.5 Å². The number of ether oxygens (including phenoxy) is 1. The Kier molecular flexibility index (Phi) is 4.22. The molecule has 0 radical (unpaired) electrons. The maximum atomic E-state index is 11.2. The molecular formula is C9H11N3O4. The van der Waals surface area contributed by atoms with Crippen LogP contribution in [0.5, 0.6) is 0 Å².